The van der Waals surface area contributed by atoms with E-state index in [1.54, 1.807) is 6.42 Å². The summed E-state index contributed by atoms with van der Waals surface area (Å²) in [6, 6.07) is 0.869. The fourth-order valence-electron chi connectivity index (χ4n) is 5.09. The summed E-state index contributed by atoms with van der Waals surface area (Å²) < 4.78 is 6.06. The SMILES string of the molecule is CC1(C)CCC(CNC2C3C4CCC(C4)C23)O1. The van der Waals surface area contributed by atoms with E-state index in [-0.39, 0.29) is 5.60 Å². The zero-order valence-electron chi connectivity index (χ0n) is 11.1. The molecule has 0 radical (unpaired) electrons. The van der Waals surface area contributed by atoms with Crippen molar-refractivity contribution in [2.24, 2.45) is 23.7 Å². The van der Waals surface area contributed by atoms with Crippen molar-refractivity contribution in [1.29, 1.82) is 0 Å². The zero-order chi connectivity index (χ0) is 11.6. The van der Waals surface area contributed by atoms with Crippen molar-refractivity contribution in [2.75, 3.05) is 6.54 Å². The lowest BCUT2D eigenvalue weighted by Gasteiger charge is -2.20. The molecule has 1 aliphatic heterocycles. The monoisotopic (exact) mass is 235 g/mol. The van der Waals surface area contributed by atoms with Crippen LogP contribution >= 0.6 is 0 Å². The van der Waals surface area contributed by atoms with E-state index < -0.39 is 0 Å². The van der Waals surface area contributed by atoms with Crippen molar-refractivity contribution in [3.8, 4) is 0 Å². The summed E-state index contributed by atoms with van der Waals surface area (Å²) >= 11 is 0. The molecule has 4 rings (SSSR count). The van der Waals surface area contributed by atoms with Crippen LogP contribution in [0.1, 0.15) is 46.0 Å². The maximum absolute atomic E-state index is 6.06. The standard InChI is InChI=1S/C15H25NO/c1-15(2)6-5-11(17-15)8-16-14-12-9-3-4-10(7-9)13(12)14/h9-14,16H,3-8H2,1-2H3. The molecule has 0 amide bonds. The second-order valence-corrected chi connectivity index (χ2v) is 7.46. The van der Waals surface area contributed by atoms with Gasteiger partial charge in [-0.1, -0.05) is 0 Å². The molecule has 2 nitrogen and oxygen atoms in total. The van der Waals surface area contributed by atoms with E-state index in [9.17, 15) is 0 Å². The fraction of sp³-hybridized carbons (Fsp3) is 1.00. The third kappa shape index (κ3) is 1.67. The summed E-state index contributed by atoms with van der Waals surface area (Å²) in [4.78, 5) is 0. The minimum atomic E-state index is 0.130. The lowest BCUT2D eigenvalue weighted by Crippen LogP contribution is -2.33. The van der Waals surface area contributed by atoms with Crippen LogP contribution in [0.3, 0.4) is 0 Å². The van der Waals surface area contributed by atoms with Gasteiger partial charge in [-0.05, 0) is 69.6 Å². The predicted octanol–water partition coefficient (Wildman–Crippen LogP) is 2.58. The van der Waals surface area contributed by atoms with Gasteiger partial charge >= 0.3 is 0 Å². The Morgan fingerprint density at radius 3 is 2.41 bits per heavy atom. The molecule has 2 heteroatoms. The summed E-state index contributed by atoms with van der Waals surface area (Å²) in [6.45, 7) is 5.54. The van der Waals surface area contributed by atoms with Crippen molar-refractivity contribution in [3.05, 3.63) is 0 Å². The van der Waals surface area contributed by atoms with E-state index in [1.807, 2.05) is 0 Å². The molecule has 0 spiro atoms. The maximum Gasteiger partial charge on any atom is 0.0707 e. The smallest absolute Gasteiger partial charge is 0.0707 e. The number of nitrogens with one attached hydrogen (secondary N) is 1. The number of ether oxygens (including phenoxy) is 1. The zero-order valence-corrected chi connectivity index (χ0v) is 11.1. The topological polar surface area (TPSA) is 21.3 Å². The Hall–Kier alpha value is -0.0800. The molecule has 1 heterocycles. The molecule has 96 valence electrons. The van der Waals surface area contributed by atoms with Gasteiger partial charge in [-0.25, -0.2) is 0 Å². The average molecular weight is 235 g/mol. The molecular weight excluding hydrogens is 210 g/mol. The Balaban J connectivity index is 1.28. The van der Waals surface area contributed by atoms with E-state index >= 15 is 0 Å². The molecule has 0 aromatic heterocycles. The van der Waals surface area contributed by atoms with Gasteiger partial charge in [0, 0.05) is 12.6 Å². The molecule has 4 aliphatic rings. The second kappa shape index (κ2) is 3.48. The molecule has 4 fully saturated rings. The van der Waals surface area contributed by atoms with Gasteiger partial charge in [0.05, 0.1) is 11.7 Å². The highest BCUT2D eigenvalue weighted by Crippen LogP contribution is 2.65. The van der Waals surface area contributed by atoms with Gasteiger partial charge in [0.15, 0.2) is 0 Å². The first-order valence-electron chi connectivity index (χ1n) is 7.55. The van der Waals surface area contributed by atoms with E-state index in [2.05, 4.69) is 19.2 Å². The van der Waals surface area contributed by atoms with Crippen LogP contribution in [0.15, 0.2) is 0 Å². The molecule has 0 aromatic carbocycles. The van der Waals surface area contributed by atoms with Crippen LogP contribution in [-0.4, -0.2) is 24.3 Å². The van der Waals surface area contributed by atoms with E-state index in [0.717, 1.165) is 36.3 Å². The Labute approximate surface area is 104 Å². The molecular formula is C15H25NO. The molecule has 17 heavy (non-hydrogen) atoms. The first kappa shape index (κ1) is 10.8. The van der Waals surface area contributed by atoms with Crippen molar-refractivity contribution >= 4 is 0 Å². The molecule has 1 saturated heterocycles. The van der Waals surface area contributed by atoms with Crippen LogP contribution in [0, 0.1) is 23.7 Å². The molecule has 1 N–H and O–H groups in total. The molecule has 3 aliphatic carbocycles. The normalized spacial score (nSPS) is 54.0. The second-order valence-electron chi connectivity index (χ2n) is 7.46. The Bertz CT molecular complexity index is 311. The van der Waals surface area contributed by atoms with E-state index in [1.165, 1.54) is 25.7 Å². The van der Waals surface area contributed by atoms with Gasteiger partial charge in [-0.3, -0.25) is 0 Å². The minimum Gasteiger partial charge on any atom is -0.371 e. The highest BCUT2D eigenvalue weighted by atomic mass is 16.5. The van der Waals surface area contributed by atoms with Gasteiger partial charge in [0.1, 0.15) is 0 Å². The van der Waals surface area contributed by atoms with E-state index in [4.69, 9.17) is 4.74 Å². The molecule has 3 saturated carbocycles. The minimum absolute atomic E-state index is 0.130. The lowest BCUT2D eigenvalue weighted by molar-refractivity contribution is -0.0146. The van der Waals surface area contributed by atoms with E-state index in [0.29, 0.717) is 6.10 Å². The quantitative estimate of drug-likeness (QED) is 0.812. The number of fused-ring (bicyclic) bond motifs is 5. The fourth-order valence-corrected chi connectivity index (χ4v) is 5.09. The molecule has 2 bridgehead atoms. The highest BCUT2D eigenvalue weighted by Gasteiger charge is 2.64. The molecule has 0 aromatic rings. The third-order valence-corrected chi connectivity index (χ3v) is 5.87. The van der Waals surface area contributed by atoms with Crippen LogP contribution in [-0.2, 0) is 4.74 Å². The van der Waals surface area contributed by atoms with Crippen LogP contribution < -0.4 is 5.32 Å². The van der Waals surface area contributed by atoms with Gasteiger partial charge < -0.3 is 10.1 Å². The third-order valence-electron chi connectivity index (χ3n) is 5.87. The van der Waals surface area contributed by atoms with Gasteiger partial charge in [-0.15, -0.1) is 0 Å². The maximum atomic E-state index is 6.06. The van der Waals surface area contributed by atoms with Gasteiger partial charge in [0.25, 0.3) is 0 Å². The first-order valence-corrected chi connectivity index (χ1v) is 7.55. The van der Waals surface area contributed by atoms with Gasteiger partial charge in [-0.2, -0.15) is 0 Å². The summed E-state index contributed by atoms with van der Waals surface area (Å²) in [7, 11) is 0. The first-order chi connectivity index (χ1) is 8.14. The summed E-state index contributed by atoms with van der Waals surface area (Å²) in [5.41, 5.74) is 0.130. The number of hydrogen-bond donors (Lipinski definition) is 1. The largest absolute Gasteiger partial charge is 0.371 e. The molecule has 5 atom stereocenters. The average Bonchev–Trinajstić information content (AvgIpc) is 2.66. The Morgan fingerprint density at radius 2 is 1.82 bits per heavy atom. The number of rotatable bonds is 3. The molecule has 5 unspecified atom stereocenters. The summed E-state index contributed by atoms with van der Waals surface area (Å²) in [5.74, 6) is 4.29. The highest BCUT2D eigenvalue weighted by molar-refractivity contribution is 5.16. The summed E-state index contributed by atoms with van der Waals surface area (Å²) in [6.07, 6.45) is 7.55. The Kier molecular flexibility index (Phi) is 2.21. The van der Waals surface area contributed by atoms with Crippen molar-refractivity contribution in [1.82, 2.24) is 5.32 Å². The van der Waals surface area contributed by atoms with Crippen LogP contribution in [0.4, 0.5) is 0 Å². The number of hydrogen-bond acceptors (Lipinski definition) is 2. The van der Waals surface area contributed by atoms with Crippen molar-refractivity contribution in [3.63, 3.8) is 0 Å². The van der Waals surface area contributed by atoms with Crippen LogP contribution in [0.5, 0.6) is 0 Å². The van der Waals surface area contributed by atoms with Gasteiger partial charge in [0.2, 0.25) is 0 Å². The Morgan fingerprint density at radius 1 is 1.12 bits per heavy atom. The predicted molar refractivity (Wildman–Crippen MR) is 67.8 cm³/mol. The van der Waals surface area contributed by atoms with Crippen LogP contribution in [0.2, 0.25) is 0 Å². The van der Waals surface area contributed by atoms with Crippen molar-refractivity contribution in [2.45, 2.75) is 63.7 Å². The summed E-state index contributed by atoms with van der Waals surface area (Å²) in [5, 5.41) is 3.81. The van der Waals surface area contributed by atoms with Crippen LogP contribution in [0.25, 0.3) is 0 Å². The van der Waals surface area contributed by atoms with Crippen molar-refractivity contribution < 1.29 is 4.74 Å². The lowest BCUT2D eigenvalue weighted by atomic mass is 10.0.